The third kappa shape index (κ3) is 1.39. The van der Waals surface area contributed by atoms with E-state index in [9.17, 15) is 0 Å². The number of rotatable bonds is 1. The van der Waals surface area contributed by atoms with Gasteiger partial charge in [-0.25, -0.2) is 0 Å². The van der Waals surface area contributed by atoms with Gasteiger partial charge in [0.05, 0.1) is 0 Å². The Morgan fingerprint density at radius 3 is 2.82 bits per heavy atom. The van der Waals surface area contributed by atoms with E-state index in [1.54, 1.807) is 0 Å². The lowest BCUT2D eigenvalue weighted by Crippen LogP contribution is -2.26. The summed E-state index contributed by atoms with van der Waals surface area (Å²) in [6, 6.07) is 3.91. The Labute approximate surface area is 97.8 Å². The van der Waals surface area contributed by atoms with Gasteiger partial charge in [0.25, 0.3) is 0 Å². The van der Waals surface area contributed by atoms with Crippen LogP contribution in [-0.4, -0.2) is 51.4 Å². The number of tetrazole rings is 1. The van der Waals surface area contributed by atoms with Crippen LogP contribution in [0.15, 0.2) is 12.1 Å². The molecule has 2 atom stereocenters. The second-order valence-corrected chi connectivity index (χ2v) is 4.80. The van der Waals surface area contributed by atoms with Gasteiger partial charge in [-0.05, 0) is 34.4 Å². The van der Waals surface area contributed by atoms with Gasteiger partial charge in [0, 0.05) is 26.2 Å². The Bertz CT molecular complexity index is 538. The van der Waals surface area contributed by atoms with Crippen LogP contribution >= 0.6 is 0 Å². The molecule has 0 spiro atoms. The van der Waals surface area contributed by atoms with Crippen molar-refractivity contribution in [2.45, 2.75) is 0 Å². The first-order valence-electron chi connectivity index (χ1n) is 5.91. The first-order chi connectivity index (χ1) is 8.40. The quantitative estimate of drug-likeness (QED) is 0.691. The minimum Gasteiger partial charge on any atom is -0.354 e. The molecule has 2 aliphatic rings. The lowest BCUT2D eigenvalue weighted by molar-refractivity contribution is 0.533. The van der Waals surface area contributed by atoms with Crippen LogP contribution in [-0.2, 0) is 0 Å². The van der Waals surface area contributed by atoms with Gasteiger partial charge in [-0.15, -0.1) is 14.8 Å². The van der Waals surface area contributed by atoms with Crippen molar-refractivity contribution in [3.8, 4) is 0 Å². The molecule has 2 aliphatic heterocycles. The zero-order chi connectivity index (χ0) is 11.2. The number of hydrogen-bond donors (Lipinski definition) is 1. The number of fused-ring (bicyclic) bond motifs is 2. The zero-order valence-electron chi connectivity index (χ0n) is 9.32. The summed E-state index contributed by atoms with van der Waals surface area (Å²) in [6.07, 6.45) is 0. The van der Waals surface area contributed by atoms with Crippen LogP contribution in [0.3, 0.4) is 0 Å². The standard InChI is InChI=1S/C10H13N7/c1-2-10(13-17-9(1)12-14-15-17)16-5-7-3-11-4-8(7)6-16/h1-2,7-8,11H,3-6H2/t7-,8+. The first-order valence-corrected chi connectivity index (χ1v) is 5.91. The predicted octanol–water partition coefficient (Wildman–Crippen LogP) is -0.825. The summed E-state index contributed by atoms with van der Waals surface area (Å²) in [6.45, 7) is 4.43. The predicted molar refractivity (Wildman–Crippen MR) is 60.6 cm³/mol. The fourth-order valence-electron chi connectivity index (χ4n) is 2.85. The van der Waals surface area contributed by atoms with Gasteiger partial charge in [-0.1, -0.05) is 0 Å². The highest BCUT2D eigenvalue weighted by Crippen LogP contribution is 2.29. The second kappa shape index (κ2) is 3.36. The Balaban J connectivity index is 1.66. The van der Waals surface area contributed by atoms with E-state index >= 15 is 0 Å². The molecule has 2 fully saturated rings. The van der Waals surface area contributed by atoms with Gasteiger partial charge in [0.15, 0.2) is 11.5 Å². The fourth-order valence-corrected chi connectivity index (χ4v) is 2.85. The van der Waals surface area contributed by atoms with E-state index in [1.807, 2.05) is 12.1 Å². The molecule has 4 rings (SSSR count). The summed E-state index contributed by atoms with van der Waals surface area (Å²) in [5, 5.41) is 19.1. The molecule has 4 heterocycles. The number of nitrogens with one attached hydrogen (secondary N) is 1. The monoisotopic (exact) mass is 231 g/mol. The minimum atomic E-state index is 0.690. The van der Waals surface area contributed by atoms with Crippen molar-refractivity contribution in [3.05, 3.63) is 12.1 Å². The van der Waals surface area contributed by atoms with Gasteiger partial charge in [0.2, 0.25) is 0 Å². The van der Waals surface area contributed by atoms with E-state index in [1.165, 1.54) is 4.63 Å². The Kier molecular flexibility index (Phi) is 1.84. The molecule has 7 heteroatoms. The molecule has 0 unspecified atom stereocenters. The third-order valence-electron chi connectivity index (χ3n) is 3.77. The van der Waals surface area contributed by atoms with Gasteiger partial charge in [-0.2, -0.15) is 0 Å². The lowest BCUT2D eigenvalue weighted by Gasteiger charge is -2.17. The van der Waals surface area contributed by atoms with Crippen molar-refractivity contribution in [1.29, 1.82) is 0 Å². The normalized spacial score (nSPS) is 27.9. The minimum absolute atomic E-state index is 0.690. The first kappa shape index (κ1) is 9.29. The summed E-state index contributed by atoms with van der Waals surface area (Å²) in [4.78, 5) is 2.33. The van der Waals surface area contributed by atoms with Crippen LogP contribution in [0, 0.1) is 11.8 Å². The number of hydrogen-bond acceptors (Lipinski definition) is 6. The zero-order valence-corrected chi connectivity index (χ0v) is 9.32. The van der Waals surface area contributed by atoms with Crippen molar-refractivity contribution in [2.75, 3.05) is 31.1 Å². The van der Waals surface area contributed by atoms with Gasteiger partial charge in [0.1, 0.15) is 0 Å². The molecule has 17 heavy (non-hydrogen) atoms. The summed E-state index contributed by atoms with van der Waals surface area (Å²) in [5.74, 6) is 2.50. The second-order valence-electron chi connectivity index (χ2n) is 4.80. The van der Waals surface area contributed by atoms with E-state index in [-0.39, 0.29) is 0 Å². The molecule has 0 amide bonds. The van der Waals surface area contributed by atoms with Crippen molar-refractivity contribution in [2.24, 2.45) is 11.8 Å². The van der Waals surface area contributed by atoms with Crippen molar-refractivity contribution in [1.82, 2.24) is 30.6 Å². The van der Waals surface area contributed by atoms with Crippen LogP contribution in [0.1, 0.15) is 0 Å². The molecule has 88 valence electrons. The average Bonchev–Trinajstić information content (AvgIpc) is 3.02. The number of nitrogens with zero attached hydrogens (tertiary/aromatic N) is 6. The van der Waals surface area contributed by atoms with Gasteiger partial charge in [-0.3, -0.25) is 0 Å². The molecule has 0 aromatic carbocycles. The van der Waals surface area contributed by atoms with Gasteiger partial charge >= 0.3 is 0 Å². The highest BCUT2D eigenvalue weighted by atomic mass is 15.6. The van der Waals surface area contributed by atoms with Crippen LogP contribution in [0.25, 0.3) is 5.65 Å². The highest BCUT2D eigenvalue weighted by Gasteiger charge is 2.36. The van der Waals surface area contributed by atoms with E-state index < -0.39 is 0 Å². The topological polar surface area (TPSA) is 71.2 Å². The van der Waals surface area contributed by atoms with Crippen molar-refractivity contribution >= 4 is 11.5 Å². The maximum Gasteiger partial charge on any atom is 0.200 e. The largest absolute Gasteiger partial charge is 0.354 e. The smallest absolute Gasteiger partial charge is 0.200 e. The average molecular weight is 231 g/mol. The molecule has 0 radical (unpaired) electrons. The molecule has 2 saturated heterocycles. The Morgan fingerprint density at radius 2 is 2.00 bits per heavy atom. The molecule has 0 bridgehead atoms. The summed E-state index contributed by atoms with van der Waals surface area (Å²) >= 11 is 0. The van der Waals surface area contributed by atoms with Crippen molar-refractivity contribution < 1.29 is 0 Å². The molecule has 2 aromatic heterocycles. The molecule has 7 nitrogen and oxygen atoms in total. The number of aromatic nitrogens is 5. The van der Waals surface area contributed by atoms with Crippen molar-refractivity contribution in [3.63, 3.8) is 0 Å². The lowest BCUT2D eigenvalue weighted by atomic mass is 10.0. The van der Waals surface area contributed by atoms with E-state index in [4.69, 9.17) is 0 Å². The molecule has 1 N–H and O–H groups in total. The molecule has 2 aromatic rings. The third-order valence-corrected chi connectivity index (χ3v) is 3.77. The number of anilines is 1. The van der Waals surface area contributed by atoms with E-state index in [0.717, 1.165) is 43.8 Å². The summed E-state index contributed by atoms with van der Waals surface area (Å²) < 4.78 is 1.49. The maximum absolute atomic E-state index is 4.43. The Morgan fingerprint density at radius 1 is 1.18 bits per heavy atom. The van der Waals surface area contributed by atoms with E-state index in [2.05, 4.69) is 30.8 Å². The van der Waals surface area contributed by atoms with E-state index in [0.29, 0.717) is 5.65 Å². The molecule has 0 aliphatic carbocycles. The molecular formula is C10H13N7. The van der Waals surface area contributed by atoms with Crippen LogP contribution < -0.4 is 10.2 Å². The Hall–Kier alpha value is -1.76. The van der Waals surface area contributed by atoms with Crippen LogP contribution in [0.5, 0.6) is 0 Å². The summed E-state index contributed by atoms with van der Waals surface area (Å²) in [5.41, 5.74) is 0.690. The fraction of sp³-hybridized carbons (Fsp3) is 0.600. The molecule has 0 saturated carbocycles. The molecular weight excluding hydrogens is 218 g/mol. The van der Waals surface area contributed by atoms with Crippen LogP contribution in [0.2, 0.25) is 0 Å². The SMILES string of the molecule is c1cc2nnnn2nc1N1C[C@H]2CNC[C@H]2C1. The van der Waals surface area contributed by atoms with Gasteiger partial charge < -0.3 is 10.2 Å². The maximum atomic E-state index is 4.43. The highest BCUT2D eigenvalue weighted by molar-refractivity contribution is 5.45. The summed E-state index contributed by atoms with van der Waals surface area (Å²) in [7, 11) is 0. The van der Waals surface area contributed by atoms with Crippen LogP contribution in [0.4, 0.5) is 5.82 Å².